The molecule has 2 fully saturated rings. The number of carbonyl (C=O) groups is 2. The summed E-state index contributed by atoms with van der Waals surface area (Å²) >= 11 is 0. The molecular formula is C25H21FN2O5. The van der Waals surface area contributed by atoms with Gasteiger partial charge in [0.05, 0.1) is 31.6 Å². The number of methoxy groups -OCH3 is 2. The molecule has 0 unspecified atom stereocenters. The van der Waals surface area contributed by atoms with Crippen LogP contribution in [0.4, 0.5) is 15.8 Å². The fraction of sp³-hybridized carbons (Fsp3) is 0.200. The van der Waals surface area contributed by atoms with Crippen molar-refractivity contribution in [1.82, 2.24) is 0 Å². The van der Waals surface area contributed by atoms with Crippen LogP contribution in [0.1, 0.15) is 11.6 Å². The van der Waals surface area contributed by atoms with Crippen LogP contribution in [0.25, 0.3) is 0 Å². The van der Waals surface area contributed by atoms with Gasteiger partial charge in [-0.3, -0.25) is 14.4 Å². The fourth-order valence-electron chi connectivity index (χ4n) is 4.43. The standard InChI is InChI=1S/C25H21FN2O5/c1-31-19-13-8-15(14-20(19)32-2)22-21-23(33-28(22)18-6-4-3-5-7-18)25(30)27(24(21)29)17-11-9-16(26)10-12-17/h3-14,21-23H,1-2H3/t21-,22-,23+/m1/s1. The summed E-state index contributed by atoms with van der Waals surface area (Å²) in [5.41, 5.74) is 1.74. The lowest BCUT2D eigenvalue weighted by Gasteiger charge is -2.29. The van der Waals surface area contributed by atoms with E-state index in [2.05, 4.69) is 0 Å². The van der Waals surface area contributed by atoms with E-state index in [4.69, 9.17) is 14.3 Å². The van der Waals surface area contributed by atoms with Crippen LogP contribution in [0.2, 0.25) is 0 Å². The van der Waals surface area contributed by atoms with E-state index in [1.165, 1.54) is 31.4 Å². The number of rotatable bonds is 5. The van der Waals surface area contributed by atoms with Crippen molar-refractivity contribution in [2.45, 2.75) is 12.1 Å². The quantitative estimate of drug-likeness (QED) is 0.552. The van der Waals surface area contributed by atoms with Crippen LogP contribution in [0.3, 0.4) is 0 Å². The molecule has 0 saturated carbocycles. The molecule has 2 saturated heterocycles. The maximum absolute atomic E-state index is 13.6. The number of hydrogen-bond donors (Lipinski definition) is 0. The summed E-state index contributed by atoms with van der Waals surface area (Å²) in [7, 11) is 3.08. The van der Waals surface area contributed by atoms with Crippen molar-refractivity contribution in [3.63, 3.8) is 0 Å². The maximum Gasteiger partial charge on any atom is 0.266 e. The summed E-state index contributed by atoms with van der Waals surface area (Å²) in [6.45, 7) is 0. The molecule has 0 N–H and O–H groups in total. The van der Waals surface area contributed by atoms with Crippen molar-refractivity contribution >= 4 is 23.2 Å². The number of carbonyl (C=O) groups excluding carboxylic acids is 2. The lowest BCUT2D eigenvalue weighted by molar-refractivity contribution is -0.126. The van der Waals surface area contributed by atoms with Crippen molar-refractivity contribution in [2.24, 2.45) is 5.92 Å². The number of hydroxylamine groups is 1. The lowest BCUT2D eigenvalue weighted by Crippen LogP contribution is -2.37. The van der Waals surface area contributed by atoms with Gasteiger partial charge in [0.1, 0.15) is 11.7 Å². The average molecular weight is 448 g/mol. The largest absolute Gasteiger partial charge is 0.493 e. The number of ether oxygens (including phenoxy) is 2. The molecule has 2 amide bonds. The van der Waals surface area contributed by atoms with Crippen molar-refractivity contribution in [1.29, 1.82) is 0 Å². The van der Waals surface area contributed by atoms with Gasteiger partial charge in [-0.1, -0.05) is 24.3 Å². The van der Waals surface area contributed by atoms with E-state index < -0.39 is 35.7 Å². The maximum atomic E-state index is 13.6. The Kier molecular flexibility index (Phi) is 5.22. The smallest absolute Gasteiger partial charge is 0.266 e. The molecule has 0 spiro atoms. The van der Waals surface area contributed by atoms with Gasteiger partial charge in [-0.05, 0) is 54.1 Å². The van der Waals surface area contributed by atoms with Crippen LogP contribution in [0, 0.1) is 11.7 Å². The van der Waals surface area contributed by atoms with Crippen molar-refractivity contribution in [2.75, 3.05) is 24.2 Å². The number of imide groups is 1. The summed E-state index contributed by atoms with van der Waals surface area (Å²) in [6, 6.07) is 19.3. The third-order valence-electron chi connectivity index (χ3n) is 5.96. The highest BCUT2D eigenvalue weighted by molar-refractivity contribution is 6.23. The minimum atomic E-state index is -1.01. The normalized spacial score (nSPS) is 22.0. The molecule has 2 aliphatic heterocycles. The first-order valence-electron chi connectivity index (χ1n) is 10.4. The summed E-state index contributed by atoms with van der Waals surface area (Å²) < 4.78 is 24.2. The third kappa shape index (κ3) is 3.39. The number of fused-ring (bicyclic) bond motifs is 1. The number of nitrogens with zero attached hydrogens (tertiary/aromatic N) is 2. The van der Waals surface area contributed by atoms with E-state index in [1.54, 1.807) is 24.3 Å². The van der Waals surface area contributed by atoms with Gasteiger partial charge >= 0.3 is 0 Å². The Morgan fingerprint density at radius 2 is 1.52 bits per heavy atom. The molecule has 0 aliphatic carbocycles. The minimum Gasteiger partial charge on any atom is -0.493 e. The molecule has 3 aromatic carbocycles. The van der Waals surface area contributed by atoms with Crippen LogP contribution in [-0.2, 0) is 14.4 Å². The molecule has 168 valence electrons. The summed E-state index contributed by atoms with van der Waals surface area (Å²) in [5, 5.41) is 1.61. The second-order valence-corrected chi connectivity index (χ2v) is 7.76. The molecule has 0 radical (unpaired) electrons. The van der Waals surface area contributed by atoms with Crippen molar-refractivity contribution < 1.29 is 28.3 Å². The van der Waals surface area contributed by atoms with Crippen LogP contribution in [-0.4, -0.2) is 32.1 Å². The highest BCUT2D eigenvalue weighted by Crippen LogP contribution is 2.48. The second kappa shape index (κ2) is 8.22. The van der Waals surface area contributed by atoms with Gasteiger partial charge < -0.3 is 9.47 Å². The number of amides is 2. The van der Waals surface area contributed by atoms with Gasteiger partial charge in [0, 0.05) is 0 Å². The number of anilines is 2. The summed E-state index contributed by atoms with van der Waals surface area (Å²) in [6.07, 6.45) is -1.01. The number of para-hydroxylation sites is 1. The van der Waals surface area contributed by atoms with Crippen LogP contribution in [0.15, 0.2) is 72.8 Å². The third-order valence-corrected chi connectivity index (χ3v) is 5.96. The Bertz CT molecular complexity index is 1200. The Labute approximate surface area is 189 Å². The van der Waals surface area contributed by atoms with Crippen molar-refractivity contribution in [3.05, 3.63) is 84.2 Å². The van der Waals surface area contributed by atoms with Crippen LogP contribution >= 0.6 is 0 Å². The second-order valence-electron chi connectivity index (χ2n) is 7.76. The number of hydrogen-bond acceptors (Lipinski definition) is 6. The number of benzene rings is 3. The zero-order valence-electron chi connectivity index (χ0n) is 18.0. The first-order valence-corrected chi connectivity index (χ1v) is 10.4. The van der Waals surface area contributed by atoms with E-state index in [1.807, 2.05) is 36.4 Å². The van der Waals surface area contributed by atoms with Gasteiger partial charge in [-0.25, -0.2) is 14.4 Å². The van der Waals surface area contributed by atoms with Gasteiger partial charge in [-0.15, -0.1) is 0 Å². The molecule has 7 nitrogen and oxygen atoms in total. The highest BCUT2D eigenvalue weighted by Gasteiger charge is 2.60. The van der Waals surface area contributed by atoms with E-state index in [9.17, 15) is 14.0 Å². The first kappa shape index (κ1) is 21.0. The highest BCUT2D eigenvalue weighted by atomic mass is 19.1. The number of halogens is 1. The first-order chi connectivity index (χ1) is 16.0. The topological polar surface area (TPSA) is 68.3 Å². The molecule has 2 aliphatic rings. The summed E-state index contributed by atoms with van der Waals surface area (Å²) in [4.78, 5) is 34.0. The van der Waals surface area contributed by atoms with Crippen LogP contribution in [0.5, 0.6) is 11.5 Å². The molecule has 8 heteroatoms. The summed E-state index contributed by atoms with van der Waals surface area (Å²) in [5.74, 6) is -1.10. The molecule has 2 heterocycles. The van der Waals surface area contributed by atoms with E-state index in [0.29, 0.717) is 22.9 Å². The molecule has 3 atom stereocenters. The Morgan fingerprint density at radius 1 is 0.818 bits per heavy atom. The molecule has 0 bridgehead atoms. The lowest BCUT2D eigenvalue weighted by atomic mass is 9.90. The SMILES string of the molecule is COc1ccc([C@@H]2[C@H]3C(=O)N(c4ccc(F)cc4)C(=O)[C@H]3ON2c2ccccc2)cc1OC. The van der Waals surface area contributed by atoms with Gasteiger partial charge in [0.2, 0.25) is 5.91 Å². The molecule has 0 aromatic heterocycles. The Morgan fingerprint density at radius 3 is 2.18 bits per heavy atom. The predicted molar refractivity (Wildman–Crippen MR) is 118 cm³/mol. The van der Waals surface area contributed by atoms with E-state index in [-0.39, 0.29) is 0 Å². The molecule has 33 heavy (non-hydrogen) atoms. The van der Waals surface area contributed by atoms with E-state index >= 15 is 0 Å². The van der Waals surface area contributed by atoms with Crippen molar-refractivity contribution in [3.8, 4) is 11.5 Å². The Hall–Kier alpha value is -3.91. The predicted octanol–water partition coefficient (Wildman–Crippen LogP) is 3.89. The van der Waals surface area contributed by atoms with Gasteiger partial charge in [0.15, 0.2) is 17.6 Å². The van der Waals surface area contributed by atoms with Crippen LogP contribution < -0.4 is 19.4 Å². The Balaban J connectivity index is 1.60. The van der Waals surface area contributed by atoms with E-state index in [0.717, 1.165) is 10.5 Å². The van der Waals surface area contributed by atoms with Gasteiger partial charge in [0.25, 0.3) is 5.91 Å². The average Bonchev–Trinajstić information content (AvgIpc) is 3.36. The zero-order chi connectivity index (χ0) is 23.1. The molecule has 5 rings (SSSR count). The molecule has 3 aromatic rings. The minimum absolute atomic E-state index is 0.307. The van der Waals surface area contributed by atoms with Gasteiger partial charge in [-0.2, -0.15) is 0 Å². The molecular weight excluding hydrogens is 427 g/mol. The zero-order valence-corrected chi connectivity index (χ0v) is 18.0. The monoisotopic (exact) mass is 448 g/mol. The fourth-order valence-corrected chi connectivity index (χ4v) is 4.43.